The molecule has 1 rings (SSSR count). The van der Waals surface area contributed by atoms with Crippen LogP contribution in [0.4, 0.5) is 0 Å². The van der Waals surface area contributed by atoms with E-state index in [1.54, 1.807) is 0 Å². The first-order valence-electron chi connectivity index (χ1n) is 4.22. The van der Waals surface area contributed by atoms with E-state index in [4.69, 9.17) is 13.6 Å². The fourth-order valence-corrected chi connectivity index (χ4v) is 4.33. The van der Waals surface area contributed by atoms with E-state index >= 15 is 0 Å². The van der Waals surface area contributed by atoms with E-state index in [2.05, 4.69) is 0 Å². The minimum atomic E-state index is -1.99. The van der Waals surface area contributed by atoms with Crippen LogP contribution in [0.15, 0.2) is 0 Å². The molecule has 1 aliphatic heterocycles. The van der Waals surface area contributed by atoms with Crippen molar-refractivity contribution in [1.82, 2.24) is 0 Å². The third-order valence-corrected chi connectivity index (χ3v) is 3.44. The number of hydrogen-bond donors (Lipinski definition) is 0. The highest BCUT2D eigenvalue weighted by atomic mass is 28.4. The summed E-state index contributed by atoms with van der Waals surface area (Å²) >= 11 is 0. The Morgan fingerprint density at radius 2 is 1.17 bits per heavy atom. The second-order valence-corrected chi connectivity index (χ2v) is 7.71. The van der Waals surface area contributed by atoms with Crippen molar-refractivity contribution in [2.75, 3.05) is 0 Å². The van der Waals surface area contributed by atoms with Crippen LogP contribution >= 0.6 is 0 Å². The van der Waals surface area contributed by atoms with E-state index in [0.29, 0.717) is 0 Å². The highest BCUT2D eigenvalue weighted by Crippen LogP contribution is 2.34. The van der Waals surface area contributed by atoms with E-state index in [0.717, 1.165) is 0 Å². The zero-order valence-electron chi connectivity index (χ0n) is 8.72. The van der Waals surface area contributed by atoms with Crippen LogP contribution in [0.5, 0.6) is 0 Å². The van der Waals surface area contributed by atoms with Crippen LogP contribution in [0.3, 0.4) is 0 Å². The van der Waals surface area contributed by atoms with Crippen LogP contribution in [0.25, 0.3) is 0 Å². The summed E-state index contributed by atoms with van der Waals surface area (Å²) in [5.41, 5.74) is 0. The highest BCUT2D eigenvalue weighted by molar-refractivity contribution is 6.64. The van der Waals surface area contributed by atoms with Crippen molar-refractivity contribution in [3.05, 3.63) is 0 Å². The molecule has 12 heavy (non-hydrogen) atoms. The molecular weight excluding hydrogens is 172 g/mol. The van der Waals surface area contributed by atoms with Crippen molar-refractivity contribution in [3.8, 4) is 0 Å². The summed E-state index contributed by atoms with van der Waals surface area (Å²) in [5.74, 6) is -1.03. The molecule has 0 atom stereocenters. The van der Waals surface area contributed by atoms with Crippen LogP contribution in [0, 0.1) is 0 Å². The molecule has 0 unspecified atom stereocenters. The van der Waals surface area contributed by atoms with E-state index in [1.807, 2.05) is 40.8 Å². The van der Waals surface area contributed by atoms with Gasteiger partial charge in [0.25, 0.3) is 0 Å². The predicted octanol–water partition coefficient (Wildman–Crippen LogP) is 2.22. The molecule has 72 valence electrons. The van der Waals surface area contributed by atoms with Gasteiger partial charge >= 0.3 is 8.56 Å². The van der Waals surface area contributed by atoms with Gasteiger partial charge in [-0.1, -0.05) is 0 Å². The molecule has 1 heterocycles. The average molecular weight is 190 g/mol. The van der Waals surface area contributed by atoms with Crippen LogP contribution in [-0.2, 0) is 13.6 Å². The van der Waals surface area contributed by atoms with Crippen molar-refractivity contribution in [3.63, 3.8) is 0 Å². The smallest absolute Gasteiger partial charge is 0.336 e. The molecule has 3 nitrogen and oxygen atoms in total. The summed E-state index contributed by atoms with van der Waals surface area (Å²) in [5, 5.41) is 0. The lowest BCUT2D eigenvalue weighted by molar-refractivity contribution is -0.332. The van der Waals surface area contributed by atoms with Crippen LogP contribution in [-0.4, -0.2) is 20.1 Å². The Kier molecular flexibility index (Phi) is 2.16. The summed E-state index contributed by atoms with van der Waals surface area (Å²) in [6, 6.07) is 0. The zero-order chi connectivity index (χ0) is 9.62. The van der Waals surface area contributed by atoms with Gasteiger partial charge in [0.15, 0.2) is 11.6 Å². The van der Waals surface area contributed by atoms with Gasteiger partial charge in [-0.05, 0) is 40.8 Å². The normalized spacial score (nSPS) is 31.5. The first-order valence-corrected chi connectivity index (χ1v) is 7.04. The Morgan fingerprint density at radius 3 is 1.42 bits per heavy atom. The topological polar surface area (TPSA) is 27.7 Å². The maximum atomic E-state index is 5.69. The van der Waals surface area contributed by atoms with Crippen molar-refractivity contribution >= 4 is 8.56 Å². The van der Waals surface area contributed by atoms with Gasteiger partial charge in [-0.25, -0.2) is 0 Å². The lowest BCUT2D eigenvalue weighted by Crippen LogP contribution is -2.58. The highest BCUT2D eigenvalue weighted by Gasteiger charge is 2.46. The summed E-state index contributed by atoms with van der Waals surface area (Å²) < 4.78 is 17.0. The van der Waals surface area contributed by atoms with Gasteiger partial charge in [-0.15, -0.1) is 0 Å². The minimum Gasteiger partial charge on any atom is -0.365 e. The first-order chi connectivity index (χ1) is 5.12. The van der Waals surface area contributed by atoms with E-state index in [1.165, 1.54) is 0 Å². The Hall–Kier alpha value is 0.0969. The molecule has 0 radical (unpaired) electrons. The molecule has 1 fully saturated rings. The van der Waals surface area contributed by atoms with Crippen molar-refractivity contribution in [2.45, 2.75) is 52.4 Å². The summed E-state index contributed by atoms with van der Waals surface area (Å²) in [4.78, 5) is 0. The molecule has 0 saturated carbocycles. The van der Waals surface area contributed by atoms with Crippen molar-refractivity contribution < 1.29 is 13.6 Å². The van der Waals surface area contributed by atoms with Gasteiger partial charge in [-0.3, -0.25) is 0 Å². The quantitative estimate of drug-likeness (QED) is 0.548. The van der Waals surface area contributed by atoms with Crippen molar-refractivity contribution in [2.24, 2.45) is 0 Å². The lowest BCUT2D eigenvalue weighted by Gasteiger charge is -2.48. The molecule has 0 aromatic rings. The SMILES string of the molecule is CC1(C)OC(C)(C)O[Si](C)(C)O1. The molecule has 0 aromatic heterocycles. The van der Waals surface area contributed by atoms with Gasteiger partial charge in [-0.2, -0.15) is 0 Å². The molecule has 4 heteroatoms. The van der Waals surface area contributed by atoms with Gasteiger partial charge in [0, 0.05) is 0 Å². The van der Waals surface area contributed by atoms with E-state index in [9.17, 15) is 0 Å². The fourth-order valence-electron chi connectivity index (χ4n) is 1.84. The fraction of sp³-hybridized carbons (Fsp3) is 1.00. The molecular formula is C8H18O3Si. The number of hydrogen-bond acceptors (Lipinski definition) is 3. The van der Waals surface area contributed by atoms with E-state index < -0.39 is 20.1 Å². The van der Waals surface area contributed by atoms with Gasteiger partial charge in [0.2, 0.25) is 0 Å². The molecule has 0 aliphatic carbocycles. The Morgan fingerprint density at radius 1 is 0.833 bits per heavy atom. The number of ether oxygens (including phenoxy) is 1. The second-order valence-electron chi connectivity index (χ2n) is 4.51. The second kappa shape index (κ2) is 2.54. The third kappa shape index (κ3) is 2.55. The van der Waals surface area contributed by atoms with E-state index in [-0.39, 0.29) is 0 Å². The molecule has 1 saturated heterocycles. The summed E-state index contributed by atoms with van der Waals surface area (Å²) in [6.45, 7) is 11.7. The van der Waals surface area contributed by atoms with Crippen molar-refractivity contribution in [1.29, 1.82) is 0 Å². The lowest BCUT2D eigenvalue weighted by atomic mass is 10.3. The summed E-state index contributed by atoms with van der Waals surface area (Å²) in [6.07, 6.45) is 0. The molecule has 0 bridgehead atoms. The maximum Gasteiger partial charge on any atom is 0.336 e. The molecule has 0 N–H and O–H groups in total. The standard InChI is InChI=1S/C8H18O3Si/c1-7(2)9-8(3,4)11-12(5,6)10-7/h1-6H3. The average Bonchev–Trinajstić information content (AvgIpc) is 1.44. The summed E-state index contributed by atoms with van der Waals surface area (Å²) in [7, 11) is -1.99. The monoisotopic (exact) mass is 190 g/mol. The van der Waals surface area contributed by atoms with Gasteiger partial charge in [0.1, 0.15) is 0 Å². The van der Waals surface area contributed by atoms with Crippen LogP contribution < -0.4 is 0 Å². The third-order valence-electron chi connectivity index (χ3n) is 1.47. The zero-order valence-corrected chi connectivity index (χ0v) is 9.72. The van der Waals surface area contributed by atoms with Crippen LogP contribution in [0.1, 0.15) is 27.7 Å². The first kappa shape index (κ1) is 10.2. The molecule has 0 amide bonds. The Balaban J connectivity index is 2.81. The number of rotatable bonds is 0. The van der Waals surface area contributed by atoms with Gasteiger partial charge < -0.3 is 13.6 Å². The largest absolute Gasteiger partial charge is 0.365 e. The maximum absolute atomic E-state index is 5.69. The Bertz CT molecular complexity index is 141. The Labute approximate surface area is 75.3 Å². The molecule has 0 aromatic carbocycles. The molecule has 0 spiro atoms. The van der Waals surface area contributed by atoms with Crippen LogP contribution in [0.2, 0.25) is 13.1 Å². The molecule has 1 aliphatic rings. The van der Waals surface area contributed by atoms with Gasteiger partial charge in [0.05, 0.1) is 0 Å². The predicted molar refractivity (Wildman–Crippen MR) is 48.9 cm³/mol. The minimum absolute atomic E-state index is 0.516.